The summed E-state index contributed by atoms with van der Waals surface area (Å²) in [6.07, 6.45) is 7.24. The predicted molar refractivity (Wildman–Crippen MR) is 88.0 cm³/mol. The zero-order chi connectivity index (χ0) is 16.0. The van der Waals surface area contributed by atoms with E-state index in [0.29, 0.717) is 25.6 Å². The van der Waals surface area contributed by atoms with Crippen LogP contribution in [0.15, 0.2) is 35.4 Å². The molecule has 3 rings (SSSR count). The third-order valence-corrected chi connectivity index (χ3v) is 4.65. The first-order valence-electron chi connectivity index (χ1n) is 8.43. The van der Waals surface area contributed by atoms with Gasteiger partial charge in [0, 0.05) is 18.8 Å². The number of rotatable bonds is 5. The van der Waals surface area contributed by atoms with E-state index in [1.54, 1.807) is 6.21 Å². The number of hydrazone groups is 1. The molecule has 0 unspecified atom stereocenters. The van der Waals surface area contributed by atoms with Gasteiger partial charge >= 0.3 is 0 Å². The first-order chi connectivity index (χ1) is 11.3. The van der Waals surface area contributed by atoms with Gasteiger partial charge in [-0.25, -0.2) is 5.43 Å². The van der Waals surface area contributed by atoms with Crippen LogP contribution in [-0.4, -0.2) is 31.1 Å². The SMILES string of the molecule is O=C(CC[C@@H]1CCCCC12OCCO2)N/N=C\c1ccccc1. The summed E-state index contributed by atoms with van der Waals surface area (Å²) in [7, 11) is 0. The highest BCUT2D eigenvalue weighted by molar-refractivity contribution is 5.82. The monoisotopic (exact) mass is 316 g/mol. The van der Waals surface area contributed by atoms with Gasteiger partial charge in [-0.2, -0.15) is 5.10 Å². The van der Waals surface area contributed by atoms with Gasteiger partial charge in [0.05, 0.1) is 19.4 Å². The minimum atomic E-state index is -0.425. The first kappa shape index (κ1) is 16.1. The molecule has 1 amide bonds. The summed E-state index contributed by atoms with van der Waals surface area (Å²) in [6, 6.07) is 9.70. The third-order valence-electron chi connectivity index (χ3n) is 4.65. The van der Waals surface area contributed by atoms with E-state index in [-0.39, 0.29) is 5.91 Å². The van der Waals surface area contributed by atoms with Crippen LogP contribution in [0.3, 0.4) is 0 Å². The number of ether oxygens (including phenoxy) is 2. The summed E-state index contributed by atoms with van der Waals surface area (Å²) in [6.45, 7) is 1.34. The molecular weight excluding hydrogens is 292 g/mol. The van der Waals surface area contributed by atoms with Crippen LogP contribution in [-0.2, 0) is 14.3 Å². The fourth-order valence-corrected chi connectivity index (χ4v) is 3.48. The number of amides is 1. The molecule has 124 valence electrons. The fourth-order valence-electron chi connectivity index (χ4n) is 3.48. The quantitative estimate of drug-likeness (QED) is 0.671. The van der Waals surface area contributed by atoms with Crippen LogP contribution in [0.1, 0.15) is 44.1 Å². The fraction of sp³-hybridized carbons (Fsp3) is 0.556. The molecule has 5 heteroatoms. The summed E-state index contributed by atoms with van der Waals surface area (Å²) in [5.41, 5.74) is 3.56. The first-order valence-corrected chi connectivity index (χ1v) is 8.43. The average molecular weight is 316 g/mol. The molecule has 1 aliphatic heterocycles. The predicted octanol–water partition coefficient (Wildman–Crippen LogP) is 2.85. The Kier molecular flexibility index (Phi) is 5.41. The normalized spacial score (nSPS) is 23.4. The van der Waals surface area contributed by atoms with Crippen molar-refractivity contribution < 1.29 is 14.3 Å². The van der Waals surface area contributed by atoms with Crippen LogP contribution in [0.5, 0.6) is 0 Å². The van der Waals surface area contributed by atoms with Crippen LogP contribution in [0.25, 0.3) is 0 Å². The van der Waals surface area contributed by atoms with Gasteiger partial charge in [0.25, 0.3) is 0 Å². The molecule has 1 aromatic carbocycles. The Bertz CT molecular complexity index is 538. The van der Waals surface area contributed by atoms with E-state index in [9.17, 15) is 4.79 Å². The lowest BCUT2D eigenvalue weighted by Gasteiger charge is -2.39. The summed E-state index contributed by atoms with van der Waals surface area (Å²) < 4.78 is 11.8. The Morgan fingerprint density at radius 3 is 2.83 bits per heavy atom. The van der Waals surface area contributed by atoms with Crippen LogP contribution >= 0.6 is 0 Å². The molecule has 1 heterocycles. The number of hydrogen-bond donors (Lipinski definition) is 1. The number of hydrogen-bond acceptors (Lipinski definition) is 4. The minimum Gasteiger partial charge on any atom is -0.347 e. The lowest BCUT2D eigenvalue weighted by atomic mass is 9.80. The molecule has 2 aliphatic rings. The van der Waals surface area contributed by atoms with Crippen molar-refractivity contribution >= 4 is 12.1 Å². The lowest BCUT2D eigenvalue weighted by Crippen LogP contribution is -2.42. The Hall–Kier alpha value is -1.72. The van der Waals surface area contributed by atoms with Crippen molar-refractivity contribution in [2.45, 2.75) is 44.3 Å². The van der Waals surface area contributed by atoms with Crippen molar-refractivity contribution in [2.75, 3.05) is 13.2 Å². The number of carbonyl (C=O) groups is 1. The molecule has 1 atom stereocenters. The molecule has 1 spiro atoms. The smallest absolute Gasteiger partial charge is 0.240 e. The zero-order valence-electron chi connectivity index (χ0n) is 13.4. The second kappa shape index (κ2) is 7.70. The molecule has 1 N–H and O–H groups in total. The summed E-state index contributed by atoms with van der Waals surface area (Å²) >= 11 is 0. The highest BCUT2D eigenvalue weighted by atomic mass is 16.7. The van der Waals surface area contributed by atoms with Gasteiger partial charge in [0.15, 0.2) is 5.79 Å². The Morgan fingerprint density at radius 2 is 2.04 bits per heavy atom. The lowest BCUT2D eigenvalue weighted by molar-refractivity contribution is -0.213. The molecular formula is C18H24N2O3. The van der Waals surface area contributed by atoms with E-state index in [1.165, 1.54) is 6.42 Å². The van der Waals surface area contributed by atoms with Gasteiger partial charge in [0.2, 0.25) is 5.91 Å². The molecule has 0 radical (unpaired) electrons. The number of nitrogens with one attached hydrogen (secondary N) is 1. The molecule has 2 fully saturated rings. The van der Waals surface area contributed by atoms with Gasteiger partial charge < -0.3 is 9.47 Å². The number of carbonyl (C=O) groups excluding carboxylic acids is 1. The van der Waals surface area contributed by atoms with Crippen molar-refractivity contribution in [2.24, 2.45) is 11.0 Å². The van der Waals surface area contributed by atoms with E-state index in [0.717, 1.165) is 31.2 Å². The second-order valence-electron chi connectivity index (χ2n) is 6.19. The summed E-state index contributed by atoms with van der Waals surface area (Å²) in [5.74, 6) is -0.176. The summed E-state index contributed by atoms with van der Waals surface area (Å²) in [5, 5.41) is 4.01. The van der Waals surface area contributed by atoms with Gasteiger partial charge in [-0.3, -0.25) is 4.79 Å². The number of benzene rings is 1. The van der Waals surface area contributed by atoms with E-state index in [1.807, 2.05) is 30.3 Å². The molecule has 1 aliphatic carbocycles. The second-order valence-corrected chi connectivity index (χ2v) is 6.19. The zero-order valence-corrected chi connectivity index (χ0v) is 13.4. The molecule has 0 bridgehead atoms. The van der Waals surface area contributed by atoms with Crippen LogP contribution in [0, 0.1) is 5.92 Å². The van der Waals surface area contributed by atoms with Crippen molar-refractivity contribution in [3.63, 3.8) is 0 Å². The maximum Gasteiger partial charge on any atom is 0.240 e. The highest BCUT2D eigenvalue weighted by Gasteiger charge is 2.45. The topological polar surface area (TPSA) is 59.9 Å². The Labute approximate surface area is 137 Å². The van der Waals surface area contributed by atoms with Crippen molar-refractivity contribution in [1.29, 1.82) is 0 Å². The molecule has 23 heavy (non-hydrogen) atoms. The van der Waals surface area contributed by atoms with E-state index in [2.05, 4.69) is 10.5 Å². The maximum atomic E-state index is 12.0. The molecule has 5 nitrogen and oxygen atoms in total. The Balaban J connectivity index is 1.46. The van der Waals surface area contributed by atoms with Crippen LogP contribution in [0.4, 0.5) is 0 Å². The summed E-state index contributed by atoms with van der Waals surface area (Å²) in [4.78, 5) is 12.0. The van der Waals surface area contributed by atoms with Crippen molar-refractivity contribution in [3.8, 4) is 0 Å². The van der Waals surface area contributed by atoms with E-state index >= 15 is 0 Å². The van der Waals surface area contributed by atoms with Crippen molar-refractivity contribution in [1.82, 2.24) is 5.43 Å². The van der Waals surface area contributed by atoms with E-state index in [4.69, 9.17) is 9.47 Å². The van der Waals surface area contributed by atoms with Gasteiger partial charge in [-0.05, 0) is 24.8 Å². The van der Waals surface area contributed by atoms with Crippen LogP contribution < -0.4 is 5.43 Å². The molecule has 1 saturated heterocycles. The van der Waals surface area contributed by atoms with Gasteiger partial charge in [-0.1, -0.05) is 36.8 Å². The molecule has 0 aromatic heterocycles. The van der Waals surface area contributed by atoms with Crippen LogP contribution in [0.2, 0.25) is 0 Å². The highest BCUT2D eigenvalue weighted by Crippen LogP contribution is 2.42. The Morgan fingerprint density at radius 1 is 1.26 bits per heavy atom. The largest absolute Gasteiger partial charge is 0.347 e. The van der Waals surface area contributed by atoms with Gasteiger partial charge in [-0.15, -0.1) is 0 Å². The minimum absolute atomic E-state index is 0.0594. The molecule has 1 aromatic rings. The third kappa shape index (κ3) is 4.18. The standard InChI is InChI=1S/C18H24N2O3/c21-17(20-19-14-15-6-2-1-3-7-15)10-9-16-8-4-5-11-18(16)22-12-13-23-18/h1-3,6-7,14,16H,4-5,8-13H2,(H,20,21)/b19-14-/t16-/m0/s1. The van der Waals surface area contributed by atoms with Crippen molar-refractivity contribution in [3.05, 3.63) is 35.9 Å². The average Bonchev–Trinajstić information content (AvgIpc) is 3.04. The van der Waals surface area contributed by atoms with Gasteiger partial charge in [0.1, 0.15) is 0 Å². The van der Waals surface area contributed by atoms with E-state index < -0.39 is 5.79 Å². The molecule has 1 saturated carbocycles. The maximum absolute atomic E-state index is 12.0. The number of nitrogens with zero attached hydrogens (tertiary/aromatic N) is 1.